The standard InChI is InChI=1S/C24H23F3N6O3S/c1-23(36,14-4-2-12(3-5-14)20(34)35)21-29-11-17(37-21)16-9-15(8-13-10-30-33-19(13)16)31-22-28-7-6-18(32-22)24(25,26)27/h6-12,14,36H,2-5H2,1H3,(H,30,33)(H,34,35)(H,28,31,32)/t12?,14?,23-/m1/s1. The van der Waals surface area contributed by atoms with Gasteiger partial charge in [-0.15, -0.1) is 11.3 Å². The Morgan fingerprint density at radius 2 is 1.92 bits per heavy atom. The van der Waals surface area contributed by atoms with Gasteiger partial charge in [-0.25, -0.2) is 15.0 Å². The number of aromatic nitrogens is 5. The first-order valence-electron chi connectivity index (χ1n) is 11.6. The smallest absolute Gasteiger partial charge is 0.433 e. The molecule has 13 heteroatoms. The van der Waals surface area contributed by atoms with Crippen LogP contribution >= 0.6 is 11.3 Å². The lowest BCUT2D eigenvalue weighted by Gasteiger charge is -2.35. The Bertz CT molecular complexity index is 1440. The molecule has 194 valence electrons. The zero-order valence-electron chi connectivity index (χ0n) is 19.6. The van der Waals surface area contributed by atoms with Crippen molar-refractivity contribution in [2.75, 3.05) is 5.32 Å². The summed E-state index contributed by atoms with van der Waals surface area (Å²) in [5.41, 5.74) is -0.439. The number of hydrogen-bond acceptors (Lipinski definition) is 8. The van der Waals surface area contributed by atoms with E-state index in [1.54, 1.807) is 31.5 Å². The summed E-state index contributed by atoms with van der Waals surface area (Å²) >= 11 is 1.30. The Hall–Kier alpha value is -3.58. The third kappa shape index (κ3) is 5.01. The Kier molecular flexibility index (Phi) is 6.36. The highest BCUT2D eigenvalue weighted by Crippen LogP contribution is 2.44. The molecule has 1 saturated carbocycles. The summed E-state index contributed by atoms with van der Waals surface area (Å²) in [5.74, 6) is -1.51. The summed E-state index contributed by atoms with van der Waals surface area (Å²) in [4.78, 5) is 24.0. The number of hydrogen-bond donors (Lipinski definition) is 4. The molecular weight excluding hydrogens is 509 g/mol. The van der Waals surface area contributed by atoms with Gasteiger partial charge >= 0.3 is 12.1 Å². The van der Waals surface area contributed by atoms with Crippen molar-refractivity contribution in [3.63, 3.8) is 0 Å². The third-order valence-electron chi connectivity index (χ3n) is 6.83. The van der Waals surface area contributed by atoms with Crippen molar-refractivity contribution in [1.29, 1.82) is 0 Å². The van der Waals surface area contributed by atoms with Crippen LogP contribution in [0.3, 0.4) is 0 Å². The summed E-state index contributed by atoms with van der Waals surface area (Å²) in [6.07, 6.45) is 1.86. The maximum absolute atomic E-state index is 13.1. The molecule has 0 unspecified atom stereocenters. The predicted molar refractivity (Wildman–Crippen MR) is 130 cm³/mol. The van der Waals surface area contributed by atoms with Crippen LogP contribution < -0.4 is 5.32 Å². The zero-order chi connectivity index (χ0) is 26.4. The van der Waals surface area contributed by atoms with E-state index in [4.69, 9.17) is 0 Å². The summed E-state index contributed by atoms with van der Waals surface area (Å²) in [6.45, 7) is 1.70. The van der Waals surface area contributed by atoms with Crippen molar-refractivity contribution in [1.82, 2.24) is 25.1 Å². The van der Waals surface area contributed by atoms with E-state index in [0.717, 1.165) is 17.1 Å². The SMILES string of the molecule is C[C@](O)(c1ncc(-c2cc(Nc3nccc(C(F)(F)F)n3)cc3cn[nH]c23)s1)C1CCC(C(=O)O)CC1. The molecule has 0 aliphatic heterocycles. The Balaban J connectivity index is 1.43. The average Bonchev–Trinajstić information content (AvgIpc) is 3.54. The van der Waals surface area contributed by atoms with Gasteiger partial charge in [0.1, 0.15) is 16.3 Å². The van der Waals surface area contributed by atoms with Crippen LogP contribution in [0.15, 0.2) is 36.8 Å². The van der Waals surface area contributed by atoms with E-state index in [1.807, 2.05) is 0 Å². The molecule has 4 aromatic rings. The van der Waals surface area contributed by atoms with E-state index >= 15 is 0 Å². The lowest BCUT2D eigenvalue weighted by atomic mass is 9.74. The van der Waals surface area contributed by atoms with E-state index in [1.165, 1.54) is 11.3 Å². The molecule has 0 amide bonds. The van der Waals surface area contributed by atoms with Crippen molar-refractivity contribution in [3.05, 3.63) is 47.5 Å². The summed E-state index contributed by atoms with van der Waals surface area (Å²) < 4.78 is 39.2. The molecule has 0 spiro atoms. The number of aromatic amines is 1. The van der Waals surface area contributed by atoms with Gasteiger partial charge in [0.2, 0.25) is 5.95 Å². The number of anilines is 2. The van der Waals surface area contributed by atoms with Crippen LogP contribution in [0.1, 0.15) is 43.3 Å². The second-order valence-corrected chi connectivity index (χ2v) is 10.3. The second-order valence-electron chi connectivity index (χ2n) is 9.31. The predicted octanol–water partition coefficient (Wildman–Crippen LogP) is 5.34. The number of benzene rings is 1. The first kappa shape index (κ1) is 25.1. The topological polar surface area (TPSA) is 137 Å². The molecule has 0 radical (unpaired) electrons. The van der Waals surface area contributed by atoms with E-state index in [-0.39, 0.29) is 17.8 Å². The molecule has 4 N–H and O–H groups in total. The van der Waals surface area contributed by atoms with E-state index < -0.39 is 23.4 Å². The van der Waals surface area contributed by atoms with Gasteiger partial charge < -0.3 is 15.5 Å². The van der Waals surface area contributed by atoms with Gasteiger partial charge in [0.15, 0.2) is 0 Å². The van der Waals surface area contributed by atoms with E-state index in [0.29, 0.717) is 52.8 Å². The number of carboxylic acid groups (broad SMARTS) is 1. The zero-order valence-corrected chi connectivity index (χ0v) is 20.4. The molecule has 1 atom stereocenters. The van der Waals surface area contributed by atoms with Gasteiger partial charge in [-0.1, -0.05) is 0 Å². The number of H-pyrrole nitrogens is 1. The van der Waals surface area contributed by atoms with Crippen LogP contribution in [-0.4, -0.2) is 41.3 Å². The van der Waals surface area contributed by atoms with Crippen LogP contribution in [0, 0.1) is 11.8 Å². The van der Waals surface area contributed by atoms with E-state index in [2.05, 4.69) is 30.5 Å². The monoisotopic (exact) mass is 532 g/mol. The number of rotatable bonds is 6. The minimum absolute atomic E-state index is 0.125. The first-order valence-corrected chi connectivity index (χ1v) is 12.4. The van der Waals surface area contributed by atoms with Crippen molar-refractivity contribution in [2.45, 2.75) is 44.4 Å². The van der Waals surface area contributed by atoms with Crippen LogP contribution in [0.25, 0.3) is 21.3 Å². The molecule has 3 aromatic heterocycles. The molecule has 3 heterocycles. The van der Waals surface area contributed by atoms with Crippen LogP contribution in [0.5, 0.6) is 0 Å². The Labute approximate surface area is 212 Å². The molecule has 37 heavy (non-hydrogen) atoms. The molecular formula is C24H23F3N6O3S. The average molecular weight is 533 g/mol. The number of carbonyl (C=O) groups is 1. The summed E-state index contributed by atoms with van der Waals surface area (Å²) in [5, 5.41) is 31.7. The van der Waals surface area contributed by atoms with Crippen molar-refractivity contribution in [3.8, 4) is 10.4 Å². The highest BCUT2D eigenvalue weighted by atomic mass is 32.1. The van der Waals surface area contributed by atoms with Gasteiger partial charge in [0, 0.05) is 29.0 Å². The van der Waals surface area contributed by atoms with Crippen molar-refractivity contribution in [2.24, 2.45) is 11.8 Å². The van der Waals surface area contributed by atoms with Gasteiger partial charge in [-0.2, -0.15) is 18.3 Å². The normalized spacial score (nSPS) is 20.0. The van der Waals surface area contributed by atoms with Gasteiger partial charge in [0.25, 0.3) is 0 Å². The Morgan fingerprint density at radius 3 is 2.62 bits per heavy atom. The van der Waals surface area contributed by atoms with Gasteiger partial charge in [0.05, 0.1) is 22.5 Å². The molecule has 1 aromatic carbocycles. The number of carboxylic acids is 1. The van der Waals surface area contributed by atoms with Gasteiger partial charge in [-0.05, 0) is 56.7 Å². The lowest BCUT2D eigenvalue weighted by Crippen LogP contribution is -2.35. The number of alkyl halides is 3. The van der Waals surface area contributed by atoms with Crippen LogP contribution in [0.4, 0.5) is 24.8 Å². The number of fused-ring (bicyclic) bond motifs is 1. The number of nitrogens with zero attached hydrogens (tertiary/aromatic N) is 4. The minimum Gasteiger partial charge on any atom is -0.481 e. The Morgan fingerprint density at radius 1 is 1.16 bits per heavy atom. The third-order valence-corrected chi connectivity index (χ3v) is 8.08. The fourth-order valence-corrected chi connectivity index (χ4v) is 5.80. The molecule has 1 fully saturated rings. The molecule has 0 bridgehead atoms. The first-order chi connectivity index (χ1) is 17.5. The van der Waals surface area contributed by atoms with Crippen LogP contribution in [0.2, 0.25) is 0 Å². The summed E-state index contributed by atoms with van der Waals surface area (Å²) in [7, 11) is 0. The highest BCUT2D eigenvalue weighted by molar-refractivity contribution is 7.15. The fraction of sp³-hybridized carbons (Fsp3) is 0.375. The van der Waals surface area contributed by atoms with Crippen molar-refractivity contribution >= 4 is 39.8 Å². The van der Waals surface area contributed by atoms with Gasteiger partial charge in [-0.3, -0.25) is 9.89 Å². The number of halogens is 3. The maximum atomic E-state index is 13.1. The number of aliphatic hydroxyl groups is 1. The number of nitrogens with one attached hydrogen (secondary N) is 2. The number of thiazole rings is 1. The quantitative estimate of drug-likeness (QED) is 0.261. The largest absolute Gasteiger partial charge is 0.481 e. The molecule has 0 saturated heterocycles. The fourth-order valence-electron chi connectivity index (χ4n) is 4.74. The highest BCUT2D eigenvalue weighted by Gasteiger charge is 2.40. The second kappa shape index (κ2) is 9.38. The molecule has 9 nitrogen and oxygen atoms in total. The lowest BCUT2D eigenvalue weighted by molar-refractivity contribution is -0.144. The van der Waals surface area contributed by atoms with Crippen LogP contribution in [-0.2, 0) is 16.6 Å². The molecule has 1 aliphatic rings. The van der Waals surface area contributed by atoms with Crippen molar-refractivity contribution < 1.29 is 28.2 Å². The maximum Gasteiger partial charge on any atom is 0.433 e. The minimum atomic E-state index is -4.60. The number of aliphatic carboxylic acids is 1. The molecule has 1 aliphatic carbocycles. The van der Waals surface area contributed by atoms with E-state index in [9.17, 15) is 28.2 Å². The molecule has 5 rings (SSSR count). The summed E-state index contributed by atoms with van der Waals surface area (Å²) in [6, 6.07) is 4.24.